The van der Waals surface area contributed by atoms with E-state index in [0.29, 0.717) is 18.0 Å². The number of anilines is 1. The molecule has 2 rings (SSSR count). The first-order valence-electron chi connectivity index (χ1n) is 6.15. The zero-order chi connectivity index (χ0) is 15.6. The molecule has 21 heavy (non-hydrogen) atoms. The second kappa shape index (κ2) is 6.10. The van der Waals surface area contributed by atoms with E-state index in [1.807, 2.05) is 0 Å². The summed E-state index contributed by atoms with van der Waals surface area (Å²) < 4.78 is 37.3. The maximum Gasteiger partial charge on any atom is 0.172 e. The predicted octanol–water partition coefficient (Wildman–Crippen LogP) is 0.844. The Hall–Kier alpha value is -1.48. The first-order chi connectivity index (χ1) is 9.84. The molecule has 0 saturated carbocycles. The quantitative estimate of drug-likeness (QED) is 0.368. The molecule has 1 unspecified atom stereocenters. The van der Waals surface area contributed by atoms with Crippen LogP contribution in [0.4, 0.5) is 10.1 Å². The van der Waals surface area contributed by atoms with Crippen LogP contribution in [0.25, 0.3) is 0 Å². The van der Waals surface area contributed by atoms with Gasteiger partial charge in [0.15, 0.2) is 15.7 Å². The summed E-state index contributed by atoms with van der Waals surface area (Å²) in [7, 11) is -3.31. The number of hydrogen-bond acceptors (Lipinski definition) is 6. The molecule has 1 fully saturated rings. The Morgan fingerprint density at radius 1 is 1.57 bits per heavy atom. The Morgan fingerprint density at radius 3 is 2.90 bits per heavy atom. The molecule has 1 heterocycles. The number of oxime groups is 1. The van der Waals surface area contributed by atoms with Crippen LogP contribution in [-0.2, 0) is 9.84 Å². The molecule has 1 aromatic rings. The van der Waals surface area contributed by atoms with Gasteiger partial charge in [-0.05, 0) is 18.2 Å². The van der Waals surface area contributed by atoms with Crippen molar-refractivity contribution in [3.05, 3.63) is 29.6 Å². The molecule has 1 aliphatic heterocycles. The van der Waals surface area contributed by atoms with Crippen molar-refractivity contribution in [2.75, 3.05) is 29.2 Å². The van der Waals surface area contributed by atoms with E-state index in [4.69, 9.17) is 10.9 Å². The van der Waals surface area contributed by atoms with Gasteiger partial charge in [-0.2, -0.15) is 11.8 Å². The van der Waals surface area contributed by atoms with Gasteiger partial charge in [0.2, 0.25) is 0 Å². The number of sulfone groups is 1. The fraction of sp³-hybridized carbons (Fsp3) is 0.417. The summed E-state index contributed by atoms with van der Waals surface area (Å²) in [5.74, 6) is 0.378. The van der Waals surface area contributed by atoms with Crippen LogP contribution in [0.3, 0.4) is 0 Å². The average Bonchev–Trinajstić information content (AvgIpc) is 2.45. The van der Waals surface area contributed by atoms with Crippen molar-refractivity contribution in [3.8, 4) is 0 Å². The topological polar surface area (TPSA) is 96.0 Å². The summed E-state index contributed by atoms with van der Waals surface area (Å²) in [4.78, 5) is 1.67. The molecule has 9 heteroatoms. The Bertz CT molecular complexity index is 664. The van der Waals surface area contributed by atoms with Crippen LogP contribution in [0.5, 0.6) is 0 Å². The highest BCUT2D eigenvalue weighted by Gasteiger charge is 2.32. The van der Waals surface area contributed by atoms with Gasteiger partial charge < -0.3 is 15.8 Å². The monoisotopic (exact) mass is 333 g/mol. The van der Waals surface area contributed by atoms with Gasteiger partial charge in [-0.15, -0.1) is 0 Å². The summed E-state index contributed by atoms with van der Waals surface area (Å²) in [6.45, 7) is 0.486. The third-order valence-electron chi connectivity index (χ3n) is 3.23. The standard InChI is InChI=1S/C12H16FN3O3S2/c1-21(18,19)11-7-20-5-4-16(11)10-3-2-8(13)6-9(10)12(14)15-17/h2-3,6,11,17H,4-5,7H2,1H3,(H2,14,15). The van der Waals surface area contributed by atoms with Gasteiger partial charge in [0.25, 0.3) is 0 Å². The van der Waals surface area contributed by atoms with Crippen molar-refractivity contribution in [2.24, 2.45) is 10.9 Å². The first-order valence-corrected chi connectivity index (χ1v) is 9.26. The van der Waals surface area contributed by atoms with Gasteiger partial charge in [0.05, 0.1) is 0 Å². The summed E-state index contributed by atoms with van der Waals surface area (Å²) >= 11 is 1.55. The number of nitrogens with zero attached hydrogens (tertiary/aromatic N) is 2. The lowest BCUT2D eigenvalue weighted by molar-refractivity contribution is 0.318. The fourth-order valence-corrected chi connectivity index (χ4v) is 5.06. The van der Waals surface area contributed by atoms with Crippen LogP contribution >= 0.6 is 11.8 Å². The summed E-state index contributed by atoms with van der Waals surface area (Å²) in [6, 6.07) is 3.81. The van der Waals surface area contributed by atoms with Crippen LogP contribution in [0.15, 0.2) is 23.4 Å². The molecule has 6 nitrogen and oxygen atoms in total. The molecule has 0 bridgehead atoms. The van der Waals surface area contributed by atoms with Gasteiger partial charge in [-0.1, -0.05) is 5.16 Å². The summed E-state index contributed by atoms with van der Waals surface area (Å²) in [6.07, 6.45) is 1.17. The minimum absolute atomic E-state index is 0.179. The Morgan fingerprint density at radius 2 is 2.29 bits per heavy atom. The number of amidine groups is 1. The van der Waals surface area contributed by atoms with Crippen molar-refractivity contribution in [1.29, 1.82) is 0 Å². The third kappa shape index (κ3) is 3.41. The van der Waals surface area contributed by atoms with Crippen LogP contribution in [-0.4, -0.2) is 49.1 Å². The van der Waals surface area contributed by atoms with E-state index in [1.54, 1.807) is 16.7 Å². The van der Waals surface area contributed by atoms with E-state index in [2.05, 4.69) is 5.16 Å². The molecular formula is C12H16FN3O3S2. The largest absolute Gasteiger partial charge is 0.409 e. The zero-order valence-electron chi connectivity index (χ0n) is 11.4. The molecule has 3 N–H and O–H groups in total. The molecule has 1 atom stereocenters. The highest BCUT2D eigenvalue weighted by atomic mass is 32.2. The van der Waals surface area contributed by atoms with Gasteiger partial charge in [0, 0.05) is 35.6 Å². The summed E-state index contributed by atoms with van der Waals surface area (Å²) in [5.41, 5.74) is 6.20. The minimum atomic E-state index is -3.31. The van der Waals surface area contributed by atoms with Crippen molar-refractivity contribution < 1.29 is 18.0 Å². The number of thioether (sulfide) groups is 1. The van der Waals surface area contributed by atoms with Gasteiger partial charge in [-0.3, -0.25) is 0 Å². The van der Waals surface area contributed by atoms with Gasteiger partial charge >= 0.3 is 0 Å². The number of nitrogens with two attached hydrogens (primary N) is 1. The normalized spacial score (nSPS) is 20.6. The van der Waals surface area contributed by atoms with Crippen molar-refractivity contribution in [3.63, 3.8) is 0 Å². The van der Waals surface area contributed by atoms with Gasteiger partial charge in [0.1, 0.15) is 11.2 Å². The van der Waals surface area contributed by atoms with E-state index in [-0.39, 0.29) is 11.4 Å². The highest BCUT2D eigenvalue weighted by molar-refractivity contribution is 8.01. The van der Waals surface area contributed by atoms with Crippen LogP contribution in [0.1, 0.15) is 5.56 Å². The number of benzene rings is 1. The molecule has 1 aromatic carbocycles. The zero-order valence-corrected chi connectivity index (χ0v) is 13.0. The maximum absolute atomic E-state index is 13.4. The van der Waals surface area contributed by atoms with Crippen LogP contribution < -0.4 is 10.6 Å². The lowest BCUT2D eigenvalue weighted by atomic mass is 10.1. The number of halogens is 1. The van der Waals surface area contributed by atoms with Crippen LogP contribution in [0, 0.1) is 5.82 Å². The maximum atomic E-state index is 13.4. The lowest BCUT2D eigenvalue weighted by Crippen LogP contribution is -2.47. The molecule has 116 valence electrons. The Kier molecular flexibility index (Phi) is 4.62. The number of rotatable bonds is 3. The van der Waals surface area contributed by atoms with Gasteiger partial charge in [-0.25, -0.2) is 12.8 Å². The lowest BCUT2D eigenvalue weighted by Gasteiger charge is -2.36. The first kappa shape index (κ1) is 15.9. The average molecular weight is 333 g/mol. The third-order valence-corrected chi connectivity index (χ3v) is 5.87. The van der Waals surface area contributed by atoms with E-state index < -0.39 is 21.0 Å². The molecule has 0 spiro atoms. The van der Waals surface area contributed by atoms with Crippen molar-refractivity contribution in [2.45, 2.75) is 5.37 Å². The van der Waals surface area contributed by atoms with E-state index >= 15 is 0 Å². The highest BCUT2D eigenvalue weighted by Crippen LogP contribution is 2.30. The Balaban J connectivity index is 2.53. The van der Waals surface area contributed by atoms with Crippen LogP contribution in [0.2, 0.25) is 0 Å². The fourth-order valence-electron chi connectivity index (χ4n) is 2.23. The second-order valence-electron chi connectivity index (χ2n) is 4.70. The molecule has 0 aromatic heterocycles. The molecule has 1 saturated heterocycles. The predicted molar refractivity (Wildman–Crippen MR) is 82.2 cm³/mol. The SMILES string of the molecule is CS(=O)(=O)C1CSCCN1c1ccc(F)cc1C(N)=NO. The molecule has 0 radical (unpaired) electrons. The van der Waals surface area contributed by atoms with E-state index in [0.717, 1.165) is 11.8 Å². The minimum Gasteiger partial charge on any atom is -0.409 e. The van der Waals surface area contributed by atoms with E-state index in [1.165, 1.54) is 18.4 Å². The molecule has 0 aliphatic carbocycles. The molecular weight excluding hydrogens is 317 g/mol. The smallest absolute Gasteiger partial charge is 0.172 e. The van der Waals surface area contributed by atoms with Crippen molar-refractivity contribution in [1.82, 2.24) is 0 Å². The van der Waals surface area contributed by atoms with Crippen molar-refractivity contribution >= 4 is 33.1 Å². The number of hydrogen-bond donors (Lipinski definition) is 2. The second-order valence-corrected chi connectivity index (χ2v) is 8.05. The molecule has 1 aliphatic rings. The summed E-state index contributed by atoms with van der Waals surface area (Å²) in [5, 5.41) is 11.0. The Labute approximate surface area is 126 Å². The molecule has 0 amide bonds. The van der Waals surface area contributed by atoms with E-state index in [9.17, 15) is 12.8 Å².